The molecule has 0 saturated heterocycles. The van der Waals surface area contributed by atoms with E-state index in [-0.39, 0.29) is 16.4 Å². The largest absolute Gasteiger partial charge is 0.327 e. The minimum atomic E-state index is -0.757. The molecule has 2 aromatic carbocycles. The molecule has 0 aliphatic carbocycles. The Kier molecular flexibility index (Phi) is 4.99. The standard InChI is InChI=1S/C18H14ClFN4O2/c1-11-9-16(24(23-11)13-6-4-5-12(20)10-13)21-18(26)22-17(25)14-7-2-3-8-15(14)19/h2-10H,1H3,(H2,21,22,25,26). The van der Waals surface area contributed by atoms with E-state index in [2.05, 4.69) is 15.7 Å². The van der Waals surface area contributed by atoms with Gasteiger partial charge in [0, 0.05) is 6.07 Å². The van der Waals surface area contributed by atoms with Crippen LogP contribution in [0.1, 0.15) is 16.1 Å². The molecule has 0 aliphatic rings. The van der Waals surface area contributed by atoms with Gasteiger partial charge in [-0.25, -0.2) is 13.9 Å². The maximum Gasteiger partial charge on any atom is 0.327 e. The van der Waals surface area contributed by atoms with Crippen molar-refractivity contribution in [1.29, 1.82) is 0 Å². The predicted molar refractivity (Wildman–Crippen MR) is 96.2 cm³/mol. The lowest BCUT2D eigenvalue weighted by molar-refractivity contribution is 0.0967. The number of amides is 3. The van der Waals surface area contributed by atoms with Crippen LogP contribution in [0.4, 0.5) is 15.0 Å². The molecule has 0 aliphatic heterocycles. The van der Waals surface area contributed by atoms with E-state index in [0.717, 1.165) is 0 Å². The molecule has 0 radical (unpaired) electrons. The molecule has 0 unspecified atom stereocenters. The summed E-state index contributed by atoms with van der Waals surface area (Å²) in [7, 11) is 0. The first-order valence-corrected chi connectivity index (χ1v) is 8.01. The zero-order valence-corrected chi connectivity index (χ0v) is 14.4. The van der Waals surface area contributed by atoms with Gasteiger partial charge in [0.15, 0.2) is 0 Å². The maximum absolute atomic E-state index is 13.5. The number of nitrogens with one attached hydrogen (secondary N) is 2. The average Bonchev–Trinajstić information content (AvgIpc) is 2.95. The molecule has 1 aromatic heterocycles. The van der Waals surface area contributed by atoms with E-state index in [1.54, 1.807) is 37.3 Å². The number of hydrogen-bond donors (Lipinski definition) is 2. The summed E-state index contributed by atoms with van der Waals surface area (Å²) in [5.41, 5.74) is 1.23. The molecule has 3 aromatic rings. The van der Waals surface area contributed by atoms with Crippen LogP contribution in [0.2, 0.25) is 5.02 Å². The second-order valence-electron chi connectivity index (χ2n) is 5.45. The number of urea groups is 1. The van der Waals surface area contributed by atoms with Gasteiger partial charge in [-0.15, -0.1) is 0 Å². The quantitative estimate of drug-likeness (QED) is 0.731. The van der Waals surface area contributed by atoms with Crippen molar-refractivity contribution in [3.63, 3.8) is 0 Å². The first kappa shape index (κ1) is 17.6. The molecule has 3 rings (SSSR count). The molecular weight excluding hydrogens is 359 g/mol. The Morgan fingerprint density at radius 1 is 1.12 bits per heavy atom. The third-order valence-electron chi connectivity index (χ3n) is 3.47. The third-order valence-corrected chi connectivity index (χ3v) is 3.80. The summed E-state index contributed by atoms with van der Waals surface area (Å²) in [6, 6.07) is 13.0. The number of imide groups is 1. The second-order valence-corrected chi connectivity index (χ2v) is 5.86. The van der Waals surface area contributed by atoms with E-state index >= 15 is 0 Å². The lowest BCUT2D eigenvalue weighted by Crippen LogP contribution is -2.35. The van der Waals surface area contributed by atoms with Gasteiger partial charge in [0.2, 0.25) is 0 Å². The Hall–Kier alpha value is -3.19. The van der Waals surface area contributed by atoms with E-state index in [4.69, 9.17) is 11.6 Å². The van der Waals surface area contributed by atoms with Gasteiger partial charge in [-0.05, 0) is 37.3 Å². The highest BCUT2D eigenvalue weighted by atomic mass is 35.5. The summed E-state index contributed by atoms with van der Waals surface area (Å²) in [5, 5.41) is 9.19. The summed E-state index contributed by atoms with van der Waals surface area (Å²) in [5.74, 6) is -0.779. The van der Waals surface area contributed by atoms with Crippen molar-refractivity contribution in [2.24, 2.45) is 0 Å². The van der Waals surface area contributed by atoms with E-state index in [0.29, 0.717) is 11.4 Å². The number of hydrogen-bond acceptors (Lipinski definition) is 3. The molecule has 0 atom stereocenters. The van der Waals surface area contributed by atoms with E-state index in [9.17, 15) is 14.0 Å². The van der Waals surface area contributed by atoms with Crippen molar-refractivity contribution in [2.75, 3.05) is 5.32 Å². The van der Waals surface area contributed by atoms with Crippen LogP contribution in [0.3, 0.4) is 0 Å². The minimum Gasteiger partial charge on any atom is -0.292 e. The van der Waals surface area contributed by atoms with Gasteiger partial charge in [0.1, 0.15) is 11.6 Å². The van der Waals surface area contributed by atoms with Crippen LogP contribution in [0.15, 0.2) is 54.6 Å². The number of nitrogens with zero attached hydrogens (tertiary/aromatic N) is 2. The van der Waals surface area contributed by atoms with Crippen molar-refractivity contribution in [2.45, 2.75) is 6.92 Å². The van der Waals surface area contributed by atoms with E-state index in [1.165, 1.54) is 28.9 Å². The van der Waals surface area contributed by atoms with Crippen molar-refractivity contribution in [1.82, 2.24) is 15.1 Å². The van der Waals surface area contributed by atoms with Crippen LogP contribution in [0.25, 0.3) is 5.69 Å². The summed E-state index contributed by atoms with van der Waals surface area (Å²) in [4.78, 5) is 24.3. The number of aryl methyl sites for hydroxylation is 1. The predicted octanol–water partition coefficient (Wildman–Crippen LogP) is 3.94. The summed E-state index contributed by atoms with van der Waals surface area (Å²) >= 11 is 5.94. The highest BCUT2D eigenvalue weighted by Crippen LogP contribution is 2.18. The molecule has 1 heterocycles. The fourth-order valence-corrected chi connectivity index (χ4v) is 2.58. The highest BCUT2D eigenvalue weighted by Gasteiger charge is 2.16. The Morgan fingerprint density at radius 2 is 1.88 bits per heavy atom. The van der Waals surface area contributed by atoms with E-state index < -0.39 is 17.8 Å². The lowest BCUT2D eigenvalue weighted by atomic mass is 10.2. The Morgan fingerprint density at radius 3 is 2.62 bits per heavy atom. The molecule has 2 N–H and O–H groups in total. The number of carbonyl (C=O) groups excluding carboxylic acids is 2. The van der Waals surface area contributed by atoms with E-state index in [1.807, 2.05) is 0 Å². The number of aromatic nitrogens is 2. The van der Waals surface area contributed by atoms with Crippen molar-refractivity contribution < 1.29 is 14.0 Å². The average molecular weight is 373 g/mol. The molecule has 0 bridgehead atoms. The molecule has 26 heavy (non-hydrogen) atoms. The van der Waals surface area contributed by atoms with Crippen LogP contribution >= 0.6 is 11.6 Å². The van der Waals surface area contributed by atoms with Gasteiger partial charge < -0.3 is 0 Å². The topological polar surface area (TPSA) is 76.0 Å². The fraction of sp³-hybridized carbons (Fsp3) is 0.0556. The Balaban J connectivity index is 1.78. The van der Waals surface area contributed by atoms with Crippen molar-refractivity contribution in [3.05, 3.63) is 76.7 Å². The number of halogens is 2. The number of rotatable bonds is 3. The summed E-state index contributed by atoms with van der Waals surface area (Å²) < 4.78 is 14.8. The smallest absolute Gasteiger partial charge is 0.292 e. The second kappa shape index (κ2) is 7.37. The van der Waals surface area contributed by atoms with Crippen LogP contribution in [-0.4, -0.2) is 21.7 Å². The van der Waals surface area contributed by atoms with Gasteiger partial charge in [-0.2, -0.15) is 5.10 Å². The van der Waals surface area contributed by atoms with Gasteiger partial charge in [0.25, 0.3) is 5.91 Å². The molecule has 6 nitrogen and oxygen atoms in total. The number of anilines is 1. The van der Waals surface area contributed by atoms with Gasteiger partial charge in [-0.1, -0.05) is 29.8 Å². The molecule has 3 amide bonds. The zero-order chi connectivity index (χ0) is 18.7. The highest BCUT2D eigenvalue weighted by molar-refractivity contribution is 6.34. The van der Waals surface area contributed by atoms with Gasteiger partial charge in [-0.3, -0.25) is 15.4 Å². The maximum atomic E-state index is 13.5. The SMILES string of the molecule is Cc1cc(NC(=O)NC(=O)c2ccccc2Cl)n(-c2cccc(F)c2)n1. The molecule has 0 saturated carbocycles. The number of carbonyl (C=O) groups is 2. The summed E-state index contributed by atoms with van der Waals surface area (Å²) in [6.07, 6.45) is 0. The molecule has 132 valence electrons. The molecule has 0 fully saturated rings. The Bertz CT molecular complexity index is 987. The number of benzene rings is 2. The van der Waals surface area contributed by atoms with Gasteiger partial charge in [0.05, 0.1) is 22.0 Å². The minimum absolute atomic E-state index is 0.180. The first-order valence-electron chi connectivity index (χ1n) is 7.63. The normalized spacial score (nSPS) is 10.4. The van der Waals surface area contributed by atoms with Crippen molar-refractivity contribution in [3.8, 4) is 5.69 Å². The zero-order valence-electron chi connectivity index (χ0n) is 13.7. The molecular formula is C18H14ClFN4O2. The Labute approximate surface area is 153 Å². The molecule has 0 spiro atoms. The van der Waals surface area contributed by atoms with Crippen molar-refractivity contribution >= 4 is 29.4 Å². The molecule has 8 heteroatoms. The monoisotopic (exact) mass is 372 g/mol. The third kappa shape index (κ3) is 3.89. The van der Waals surface area contributed by atoms with Gasteiger partial charge >= 0.3 is 6.03 Å². The first-order chi connectivity index (χ1) is 12.4. The van der Waals surface area contributed by atoms with Crippen LogP contribution in [0, 0.1) is 12.7 Å². The lowest BCUT2D eigenvalue weighted by Gasteiger charge is -2.10. The van der Waals surface area contributed by atoms with Crippen LogP contribution in [0.5, 0.6) is 0 Å². The van der Waals surface area contributed by atoms with Crippen LogP contribution in [-0.2, 0) is 0 Å². The summed E-state index contributed by atoms with van der Waals surface area (Å²) in [6.45, 7) is 1.73. The van der Waals surface area contributed by atoms with Crippen LogP contribution < -0.4 is 10.6 Å². The fourth-order valence-electron chi connectivity index (χ4n) is 2.36.